The Kier molecular flexibility index (Phi) is 6.75. The smallest absolute Gasteiger partial charge is 0.293 e. The largest absolute Gasteiger partial charge is 0.337 e. The average Bonchev–Trinajstić information content (AvgIpc) is 3.32. The van der Waals surface area contributed by atoms with Crippen LogP contribution in [-0.4, -0.2) is 26.5 Å². The van der Waals surface area contributed by atoms with Crippen molar-refractivity contribution in [2.45, 2.75) is 13.1 Å². The van der Waals surface area contributed by atoms with E-state index in [1.54, 1.807) is 16.8 Å². The number of para-hydroxylation sites is 1. The Morgan fingerprint density at radius 3 is 2.58 bits per heavy atom. The van der Waals surface area contributed by atoms with Gasteiger partial charge in [0, 0.05) is 32.8 Å². The summed E-state index contributed by atoms with van der Waals surface area (Å²) in [6.07, 6.45) is 3.49. The first kappa shape index (κ1) is 24.0. The van der Waals surface area contributed by atoms with Gasteiger partial charge in [0.1, 0.15) is 12.4 Å². The monoisotopic (exact) mass is 563 g/mol. The molecule has 0 radical (unpaired) electrons. The maximum Gasteiger partial charge on any atom is 0.293 e. The number of aromatic nitrogens is 1. The number of hydrogen-bond donors (Lipinski definition) is 1. The minimum Gasteiger partial charge on any atom is -0.337 e. The third-order valence-corrected chi connectivity index (χ3v) is 7.05. The fraction of sp³-hybridized carbons (Fsp3) is 0.0741. The molecule has 1 N–H and O–H groups in total. The van der Waals surface area contributed by atoms with Crippen LogP contribution in [0.2, 0.25) is 0 Å². The quantitative estimate of drug-likeness (QED) is 0.275. The standard InChI is InChI=1S/C27H19BrFN3O3S/c28-19-5-3-4-17(12-19)14-32-26(34)24(36-27(32)35)13-18-15-31(23-7-2-1-6-22(18)23)16-25(33)30-21-10-8-20(29)9-11-21/h1-13,15H,14,16H2,(H,30,33)/b24-13-. The van der Waals surface area contributed by atoms with E-state index in [0.717, 1.165) is 38.3 Å². The molecular weight excluding hydrogens is 545 g/mol. The van der Waals surface area contributed by atoms with Crippen molar-refractivity contribution < 1.29 is 18.8 Å². The first-order valence-electron chi connectivity index (χ1n) is 11.0. The SMILES string of the molecule is O=C(Cn1cc(/C=C2\SC(=O)N(Cc3cccc(Br)c3)C2=O)c2ccccc21)Nc1ccc(F)cc1. The summed E-state index contributed by atoms with van der Waals surface area (Å²) < 4.78 is 15.8. The maximum atomic E-state index is 13.1. The molecule has 1 saturated heterocycles. The van der Waals surface area contributed by atoms with Crippen molar-refractivity contribution in [1.82, 2.24) is 9.47 Å². The summed E-state index contributed by atoms with van der Waals surface area (Å²) in [6.45, 7) is 0.211. The number of nitrogens with zero attached hydrogens (tertiary/aromatic N) is 2. The number of halogens is 2. The Labute approximate surface area is 218 Å². The number of fused-ring (bicyclic) bond motifs is 1. The fourth-order valence-electron chi connectivity index (χ4n) is 4.00. The summed E-state index contributed by atoms with van der Waals surface area (Å²) in [5, 5.41) is 3.28. The molecule has 0 bridgehead atoms. The molecule has 2 heterocycles. The Balaban J connectivity index is 1.39. The lowest BCUT2D eigenvalue weighted by Gasteiger charge is -2.12. The van der Waals surface area contributed by atoms with Crippen LogP contribution in [0.5, 0.6) is 0 Å². The van der Waals surface area contributed by atoms with Crippen LogP contribution in [0.25, 0.3) is 17.0 Å². The van der Waals surface area contributed by atoms with E-state index in [0.29, 0.717) is 10.6 Å². The van der Waals surface area contributed by atoms with Gasteiger partial charge >= 0.3 is 0 Å². The van der Waals surface area contributed by atoms with Gasteiger partial charge in [-0.25, -0.2) is 4.39 Å². The Hall–Kier alpha value is -3.69. The number of carbonyl (C=O) groups excluding carboxylic acids is 3. The highest BCUT2D eigenvalue weighted by atomic mass is 79.9. The third-order valence-electron chi connectivity index (χ3n) is 5.65. The van der Waals surface area contributed by atoms with Crippen molar-refractivity contribution in [3.63, 3.8) is 0 Å². The predicted octanol–water partition coefficient (Wildman–Crippen LogP) is 6.42. The van der Waals surface area contributed by atoms with Crippen LogP contribution in [0.4, 0.5) is 14.9 Å². The van der Waals surface area contributed by atoms with Crippen LogP contribution in [0.15, 0.2) is 88.4 Å². The Bertz CT molecular complexity index is 1530. The average molecular weight is 564 g/mol. The zero-order valence-electron chi connectivity index (χ0n) is 18.8. The maximum absolute atomic E-state index is 13.1. The second-order valence-corrected chi connectivity index (χ2v) is 10.1. The normalized spacial score (nSPS) is 14.7. The van der Waals surface area contributed by atoms with Crippen molar-refractivity contribution in [3.8, 4) is 0 Å². The molecule has 4 aromatic rings. The summed E-state index contributed by atoms with van der Waals surface area (Å²) in [6, 6.07) is 20.6. The summed E-state index contributed by atoms with van der Waals surface area (Å²) in [5.74, 6) is -1.01. The molecule has 1 aliphatic rings. The van der Waals surface area contributed by atoms with Crippen LogP contribution in [0.1, 0.15) is 11.1 Å². The van der Waals surface area contributed by atoms with E-state index in [-0.39, 0.29) is 36.0 Å². The van der Waals surface area contributed by atoms with Crippen LogP contribution < -0.4 is 5.32 Å². The molecule has 0 spiro atoms. The molecule has 180 valence electrons. The van der Waals surface area contributed by atoms with E-state index in [1.165, 1.54) is 29.2 Å². The van der Waals surface area contributed by atoms with Gasteiger partial charge in [-0.2, -0.15) is 0 Å². The molecule has 1 fully saturated rings. The van der Waals surface area contributed by atoms with Crippen molar-refractivity contribution in [2.24, 2.45) is 0 Å². The van der Waals surface area contributed by atoms with E-state index in [9.17, 15) is 18.8 Å². The van der Waals surface area contributed by atoms with Gasteiger partial charge in [0.15, 0.2) is 0 Å². The highest BCUT2D eigenvalue weighted by Crippen LogP contribution is 2.35. The lowest BCUT2D eigenvalue weighted by atomic mass is 10.1. The first-order chi connectivity index (χ1) is 17.4. The highest BCUT2D eigenvalue weighted by Gasteiger charge is 2.35. The molecule has 9 heteroatoms. The van der Waals surface area contributed by atoms with Gasteiger partial charge < -0.3 is 9.88 Å². The predicted molar refractivity (Wildman–Crippen MR) is 143 cm³/mol. The number of hydrogen-bond acceptors (Lipinski definition) is 4. The van der Waals surface area contributed by atoms with Gasteiger partial charge in [0.05, 0.1) is 11.4 Å². The van der Waals surface area contributed by atoms with Crippen molar-refractivity contribution in [3.05, 3.63) is 105 Å². The second-order valence-electron chi connectivity index (χ2n) is 8.18. The van der Waals surface area contributed by atoms with Crippen LogP contribution in [0.3, 0.4) is 0 Å². The summed E-state index contributed by atoms with van der Waals surface area (Å²) in [5.41, 5.74) is 2.88. The molecule has 0 atom stereocenters. The first-order valence-corrected chi connectivity index (χ1v) is 12.6. The number of carbonyl (C=O) groups is 3. The third kappa shape index (κ3) is 5.12. The molecule has 6 nitrogen and oxygen atoms in total. The number of benzene rings is 3. The number of rotatable bonds is 6. The molecule has 36 heavy (non-hydrogen) atoms. The van der Waals surface area contributed by atoms with Gasteiger partial charge in [0.25, 0.3) is 11.1 Å². The number of amides is 3. The molecule has 0 aliphatic carbocycles. The molecule has 0 saturated carbocycles. The Morgan fingerprint density at radius 1 is 1.03 bits per heavy atom. The van der Waals surface area contributed by atoms with Crippen molar-refractivity contribution in [2.75, 3.05) is 5.32 Å². The number of thioether (sulfide) groups is 1. The van der Waals surface area contributed by atoms with Gasteiger partial charge in [-0.15, -0.1) is 0 Å². The van der Waals surface area contributed by atoms with Gasteiger partial charge in [-0.1, -0.05) is 46.3 Å². The van der Waals surface area contributed by atoms with E-state index >= 15 is 0 Å². The zero-order valence-corrected chi connectivity index (χ0v) is 21.2. The number of anilines is 1. The van der Waals surface area contributed by atoms with Crippen LogP contribution in [-0.2, 0) is 22.7 Å². The minimum atomic E-state index is -0.380. The lowest BCUT2D eigenvalue weighted by Crippen LogP contribution is -2.27. The highest BCUT2D eigenvalue weighted by molar-refractivity contribution is 9.10. The fourth-order valence-corrected chi connectivity index (χ4v) is 5.28. The number of nitrogens with one attached hydrogen (secondary N) is 1. The summed E-state index contributed by atoms with van der Waals surface area (Å²) in [4.78, 5) is 39.9. The van der Waals surface area contributed by atoms with E-state index < -0.39 is 0 Å². The molecular formula is C27H19BrFN3O3S. The summed E-state index contributed by atoms with van der Waals surface area (Å²) in [7, 11) is 0. The van der Waals surface area contributed by atoms with E-state index in [2.05, 4.69) is 21.2 Å². The van der Waals surface area contributed by atoms with Gasteiger partial charge in [-0.3, -0.25) is 19.3 Å². The molecule has 0 unspecified atom stereocenters. The molecule has 1 aromatic heterocycles. The lowest BCUT2D eigenvalue weighted by molar-refractivity contribution is -0.123. The molecule has 1 aliphatic heterocycles. The van der Waals surface area contributed by atoms with Crippen molar-refractivity contribution >= 4 is 67.4 Å². The van der Waals surface area contributed by atoms with Crippen LogP contribution in [0, 0.1) is 5.82 Å². The van der Waals surface area contributed by atoms with Gasteiger partial charge in [-0.05, 0) is 65.9 Å². The van der Waals surface area contributed by atoms with Crippen LogP contribution >= 0.6 is 27.7 Å². The Morgan fingerprint density at radius 2 is 1.81 bits per heavy atom. The zero-order chi connectivity index (χ0) is 25.2. The minimum absolute atomic E-state index is 0.0239. The number of imide groups is 1. The van der Waals surface area contributed by atoms with Crippen molar-refractivity contribution in [1.29, 1.82) is 0 Å². The topological polar surface area (TPSA) is 71.4 Å². The van der Waals surface area contributed by atoms with E-state index in [1.807, 2.05) is 48.5 Å². The summed E-state index contributed by atoms with van der Waals surface area (Å²) >= 11 is 4.31. The second kappa shape index (κ2) is 10.1. The van der Waals surface area contributed by atoms with Gasteiger partial charge in [0.2, 0.25) is 5.91 Å². The molecule has 5 rings (SSSR count). The molecule has 3 aromatic carbocycles. The molecule has 3 amide bonds. The van der Waals surface area contributed by atoms with E-state index in [4.69, 9.17) is 0 Å².